The molecule has 1 heteroatoms. The van der Waals surface area contributed by atoms with Gasteiger partial charge in [-0.1, -0.05) is 155 Å². The van der Waals surface area contributed by atoms with E-state index >= 15 is 0 Å². The highest BCUT2D eigenvalue weighted by Gasteiger charge is 2.45. The Bertz CT molecular complexity index is 1700. The maximum atomic E-state index is 3.63. The van der Waals surface area contributed by atoms with Crippen LogP contribution in [0.4, 0.5) is 0 Å². The molecular weight excluding hydrogens is 524 g/mol. The van der Waals surface area contributed by atoms with E-state index in [4.69, 9.17) is 0 Å². The zero-order valence-electron chi connectivity index (χ0n) is 20.8. The van der Waals surface area contributed by atoms with Crippen molar-refractivity contribution in [1.29, 1.82) is 0 Å². The molecule has 6 aromatic carbocycles. The van der Waals surface area contributed by atoms with Crippen LogP contribution in [0.5, 0.6) is 0 Å². The molecule has 180 valence electrons. The van der Waals surface area contributed by atoms with Gasteiger partial charge in [0, 0.05) is 4.47 Å². The zero-order valence-corrected chi connectivity index (χ0v) is 22.4. The molecule has 0 bridgehead atoms. The molecule has 0 unspecified atom stereocenters. The molecule has 0 radical (unpaired) electrons. The first-order valence-corrected chi connectivity index (χ1v) is 13.8. The maximum absolute atomic E-state index is 3.63. The minimum Gasteiger partial charge on any atom is -0.0622 e. The maximum Gasteiger partial charge on any atom is 0.0713 e. The molecule has 0 fully saturated rings. The van der Waals surface area contributed by atoms with E-state index in [9.17, 15) is 0 Å². The summed E-state index contributed by atoms with van der Waals surface area (Å²) in [5.74, 6) is 0. The Kier molecular flexibility index (Phi) is 5.60. The molecule has 7 rings (SSSR count). The van der Waals surface area contributed by atoms with Crippen LogP contribution < -0.4 is 0 Å². The molecule has 0 saturated heterocycles. The summed E-state index contributed by atoms with van der Waals surface area (Å²) < 4.78 is 1.09. The Morgan fingerprint density at radius 2 is 0.816 bits per heavy atom. The predicted octanol–water partition coefficient (Wildman–Crippen LogP) is 10.1. The largest absolute Gasteiger partial charge is 0.0713 e. The van der Waals surface area contributed by atoms with Crippen molar-refractivity contribution in [1.82, 2.24) is 0 Å². The third-order valence-electron chi connectivity index (χ3n) is 7.85. The van der Waals surface area contributed by atoms with Crippen molar-refractivity contribution in [3.8, 4) is 33.4 Å². The molecule has 0 amide bonds. The Hall–Kier alpha value is -4.20. The SMILES string of the molecule is Brc1cccc(-c2ccc(C3(c4ccc(-c5ccccc5)cc4)c4ccccc4-c4ccccc43)cc2)c1. The number of rotatable bonds is 4. The van der Waals surface area contributed by atoms with E-state index in [1.165, 1.54) is 55.6 Å². The second-order valence-electron chi connectivity index (χ2n) is 9.87. The number of fused-ring (bicyclic) bond motifs is 3. The van der Waals surface area contributed by atoms with Gasteiger partial charge in [-0.3, -0.25) is 0 Å². The van der Waals surface area contributed by atoms with Gasteiger partial charge in [0.15, 0.2) is 0 Å². The lowest BCUT2D eigenvalue weighted by Gasteiger charge is -2.34. The summed E-state index contributed by atoms with van der Waals surface area (Å²) in [6, 6.07) is 55.3. The minimum absolute atomic E-state index is 0.391. The van der Waals surface area contributed by atoms with Gasteiger partial charge in [-0.15, -0.1) is 0 Å². The lowest BCUT2D eigenvalue weighted by Crippen LogP contribution is -2.28. The van der Waals surface area contributed by atoms with Crippen LogP contribution in [-0.4, -0.2) is 0 Å². The summed E-state index contributed by atoms with van der Waals surface area (Å²) in [6.07, 6.45) is 0. The van der Waals surface area contributed by atoms with Crippen molar-refractivity contribution in [3.05, 3.63) is 178 Å². The first-order valence-electron chi connectivity index (χ1n) is 13.0. The molecule has 0 atom stereocenters. The molecule has 0 aromatic heterocycles. The fourth-order valence-electron chi connectivity index (χ4n) is 6.15. The highest BCUT2D eigenvalue weighted by atomic mass is 79.9. The summed E-state index contributed by atoms with van der Waals surface area (Å²) >= 11 is 3.63. The Labute approximate surface area is 232 Å². The molecular formula is C37H25Br. The molecule has 6 aromatic rings. The highest BCUT2D eigenvalue weighted by molar-refractivity contribution is 9.10. The van der Waals surface area contributed by atoms with Crippen molar-refractivity contribution in [2.45, 2.75) is 5.41 Å². The van der Waals surface area contributed by atoms with Gasteiger partial charge >= 0.3 is 0 Å². The normalized spacial score (nSPS) is 13.1. The fourth-order valence-corrected chi connectivity index (χ4v) is 6.55. The van der Waals surface area contributed by atoms with Crippen molar-refractivity contribution in [3.63, 3.8) is 0 Å². The van der Waals surface area contributed by atoms with Crippen LogP contribution in [0, 0.1) is 0 Å². The van der Waals surface area contributed by atoms with Gasteiger partial charge in [0.2, 0.25) is 0 Å². The zero-order chi connectivity index (χ0) is 25.5. The van der Waals surface area contributed by atoms with Crippen LogP contribution in [0.3, 0.4) is 0 Å². The standard InChI is InChI=1S/C37H25Br/c38-32-12-8-11-29(25-32)28-19-23-31(24-20-28)37(30-21-17-27(18-22-30)26-9-2-1-3-10-26)35-15-6-4-13-33(35)34-14-5-7-16-36(34)37/h1-25H. The second kappa shape index (κ2) is 9.28. The quantitative estimate of drug-likeness (QED) is 0.205. The summed E-state index contributed by atoms with van der Waals surface area (Å²) in [4.78, 5) is 0. The molecule has 1 aliphatic carbocycles. The van der Waals surface area contributed by atoms with Crippen molar-refractivity contribution >= 4 is 15.9 Å². The van der Waals surface area contributed by atoms with E-state index in [1.54, 1.807) is 0 Å². The summed E-state index contributed by atoms with van der Waals surface area (Å²) in [5.41, 5.74) is 12.4. The number of hydrogen-bond donors (Lipinski definition) is 0. The number of halogens is 1. The molecule has 0 N–H and O–H groups in total. The van der Waals surface area contributed by atoms with Gasteiger partial charge < -0.3 is 0 Å². The van der Waals surface area contributed by atoms with Crippen LogP contribution in [0.2, 0.25) is 0 Å². The third kappa shape index (κ3) is 3.58. The van der Waals surface area contributed by atoms with Gasteiger partial charge in [0.05, 0.1) is 5.41 Å². The van der Waals surface area contributed by atoms with Gasteiger partial charge in [-0.05, 0) is 67.8 Å². The highest BCUT2D eigenvalue weighted by Crippen LogP contribution is 2.56. The summed E-state index contributed by atoms with van der Waals surface area (Å²) in [7, 11) is 0. The minimum atomic E-state index is -0.391. The van der Waals surface area contributed by atoms with Crippen molar-refractivity contribution in [2.75, 3.05) is 0 Å². The average molecular weight is 550 g/mol. The lowest BCUT2D eigenvalue weighted by atomic mass is 9.67. The van der Waals surface area contributed by atoms with Crippen LogP contribution in [-0.2, 0) is 5.41 Å². The van der Waals surface area contributed by atoms with Gasteiger partial charge in [0.25, 0.3) is 0 Å². The second-order valence-corrected chi connectivity index (χ2v) is 10.8. The predicted molar refractivity (Wildman–Crippen MR) is 162 cm³/mol. The first kappa shape index (κ1) is 23.0. The first-order chi connectivity index (χ1) is 18.7. The van der Waals surface area contributed by atoms with E-state index in [-0.39, 0.29) is 0 Å². The smallest absolute Gasteiger partial charge is 0.0622 e. The van der Waals surface area contributed by atoms with E-state index in [1.807, 2.05) is 0 Å². The fraction of sp³-hybridized carbons (Fsp3) is 0.0270. The number of benzene rings is 6. The molecule has 0 saturated carbocycles. The molecule has 38 heavy (non-hydrogen) atoms. The summed E-state index contributed by atoms with van der Waals surface area (Å²) in [5, 5.41) is 0. The summed E-state index contributed by atoms with van der Waals surface area (Å²) in [6.45, 7) is 0. The van der Waals surface area contributed by atoms with Crippen LogP contribution >= 0.6 is 15.9 Å². The van der Waals surface area contributed by atoms with E-state index < -0.39 is 5.41 Å². The van der Waals surface area contributed by atoms with Gasteiger partial charge in [-0.2, -0.15) is 0 Å². The number of hydrogen-bond acceptors (Lipinski definition) is 0. The van der Waals surface area contributed by atoms with Crippen LogP contribution in [0.25, 0.3) is 33.4 Å². The van der Waals surface area contributed by atoms with E-state index in [2.05, 4.69) is 168 Å². The molecule has 0 aliphatic heterocycles. The monoisotopic (exact) mass is 548 g/mol. The van der Waals surface area contributed by atoms with Crippen LogP contribution in [0.1, 0.15) is 22.3 Å². The van der Waals surface area contributed by atoms with Crippen molar-refractivity contribution in [2.24, 2.45) is 0 Å². The van der Waals surface area contributed by atoms with Gasteiger partial charge in [0.1, 0.15) is 0 Å². The van der Waals surface area contributed by atoms with Crippen LogP contribution in [0.15, 0.2) is 156 Å². The van der Waals surface area contributed by atoms with E-state index in [0.29, 0.717) is 0 Å². The molecule has 0 nitrogen and oxygen atoms in total. The Morgan fingerprint density at radius 1 is 0.368 bits per heavy atom. The van der Waals surface area contributed by atoms with Gasteiger partial charge in [-0.25, -0.2) is 0 Å². The van der Waals surface area contributed by atoms with Crippen molar-refractivity contribution < 1.29 is 0 Å². The molecule has 0 heterocycles. The third-order valence-corrected chi connectivity index (χ3v) is 8.35. The average Bonchev–Trinajstić information content (AvgIpc) is 3.29. The topological polar surface area (TPSA) is 0 Å². The van der Waals surface area contributed by atoms with E-state index in [0.717, 1.165) is 4.47 Å². The molecule has 1 aliphatic rings. The Morgan fingerprint density at radius 3 is 1.37 bits per heavy atom. The lowest BCUT2D eigenvalue weighted by molar-refractivity contribution is 0.769. The Balaban J connectivity index is 1.46. The molecule has 0 spiro atoms.